The van der Waals surface area contributed by atoms with E-state index in [1.165, 1.54) is 7.11 Å². The summed E-state index contributed by atoms with van der Waals surface area (Å²) in [7, 11) is 3.46. The van der Waals surface area contributed by atoms with Crippen LogP contribution in [-0.2, 0) is 11.8 Å². The second-order valence-electron chi connectivity index (χ2n) is 6.46. The Balaban J connectivity index is 1.64. The molecule has 0 aromatic carbocycles. The maximum absolute atomic E-state index is 12.2. The van der Waals surface area contributed by atoms with Gasteiger partial charge in [0.1, 0.15) is 5.82 Å². The molecular formula is C18H19N5O3. The number of fused-ring (bicyclic) bond motifs is 1. The van der Waals surface area contributed by atoms with Crippen molar-refractivity contribution in [1.29, 1.82) is 0 Å². The number of nitrogens with zero attached hydrogens (tertiary/aromatic N) is 4. The molecule has 2 N–H and O–H groups in total. The number of hydrogen-bond acceptors (Lipinski definition) is 6. The van der Waals surface area contributed by atoms with Crippen LogP contribution in [0.15, 0.2) is 30.6 Å². The van der Waals surface area contributed by atoms with Crippen LogP contribution in [0.1, 0.15) is 12.8 Å². The maximum atomic E-state index is 12.2. The van der Waals surface area contributed by atoms with Crippen molar-refractivity contribution in [2.45, 2.75) is 18.9 Å². The fourth-order valence-electron chi connectivity index (χ4n) is 3.16. The lowest BCUT2D eigenvalue weighted by Crippen LogP contribution is -2.37. The Morgan fingerprint density at radius 3 is 2.88 bits per heavy atom. The molecule has 3 heterocycles. The van der Waals surface area contributed by atoms with E-state index in [1.807, 2.05) is 29.8 Å². The zero-order valence-corrected chi connectivity index (χ0v) is 14.5. The van der Waals surface area contributed by atoms with Crippen LogP contribution in [0.4, 0.5) is 5.82 Å². The molecule has 0 spiro atoms. The van der Waals surface area contributed by atoms with Crippen molar-refractivity contribution in [1.82, 2.24) is 19.5 Å². The number of aromatic nitrogens is 4. The van der Waals surface area contributed by atoms with Gasteiger partial charge in [0.2, 0.25) is 5.91 Å². The van der Waals surface area contributed by atoms with E-state index in [-0.39, 0.29) is 17.9 Å². The van der Waals surface area contributed by atoms with E-state index in [0.717, 1.165) is 22.3 Å². The van der Waals surface area contributed by atoms with Crippen LogP contribution in [0, 0.1) is 5.92 Å². The lowest BCUT2D eigenvalue weighted by molar-refractivity contribution is -0.126. The molecule has 0 aliphatic heterocycles. The van der Waals surface area contributed by atoms with Gasteiger partial charge in [-0.1, -0.05) is 0 Å². The van der Waals surface area contributed by atoms with Gasteiger partial charge in [-0.3, -0.25) is 4.79 Å². The molecule has 4 rings (SSSR count). The van der Waals surface area contributed by atoms with Crippen molar-refractivity contribution in [3.05, 3.63) is 30.6 Å². The zero-order chi connectivity index (χ0) is 18.3. The SMILES string of the molecule is COc1nccc(-c2cc3cnc(NC(=O)C4CC(O)C4)cc3n2C)n1. The third-order valence-corrected chi connectivity index (χ3v) is 4.74. The van der Waals surface area contributed by atoms with Crippen molar-refractivity contribution in [3.63, 3.8) is 0 Å². The zero-order valence-electron chi connectivity index (χ0n) is 14.5. The third kappa shape index (κ3) is 2.88. The molecule has 1 fully saturated rings. The summed E-state index contributed by atoms with van der Waals surface area (Å²) >= 11 is 0. The summed E-state index contributed by atoms with van der Waals surface area (Å²) in [5.74, 6) is 0.258. The molecule has 0 atom stereocenters. The smallest absolute Gasteiger partial charge is 0.316 e. The molecule has 1 aliphatic rings. The topological polar surface area (TPSA) is 102 Å². The van der Waals surface area contributed by atoms with E-state index in [2.05, 4.69) is 20.3 Å². The minimum absolute atomic E-state index is 0.0999. The van der Waals surface area contributed by atoms with Gasteiger partial charge in [-0.15, -0.1) is 0 Å². The molecule has 0 unspecified atom stereocenters. The molecule has 1 aliphatic carbocycles. The van der Waals surface area contributed by atoms with E-state index in [9.17, 15) is 9.90 Å². The summed E-state index contributed by atoms with van der Waals surface area (Å²) in [6, 6.07) is 5.94. The largest absolute Gasteiger partial charge is 0.467 e. The highest BCUT2D eigenvalue weighted by Gasteiger charge is 2.33. The summed E-state index contributed by atoms with van der Waals surface area (Å²) in [6.45, 7) is 0. The Labute approximate surface area is 149 Å². The normalized spacial score (nSPS) is 19.2. The average molecular weight is 353 g/mol. The summed E-state index contributed by atoms with van der Waals surface area (Å²) in [5.41, 5.74) is 2.56. The Morgan fingerprint density at radius 2 is 2.15 bits per heavy atom. The van der Waals surface area contributed by atoms with Crippen LogP contribution >= 0.6 is 0 Å². The number of amides is 1. The molecule has 8 nitrogen and oxygen atoms in total. The van der Waals surface area contributed by atoms with Crippen LogP contribution in [0.25, 0.3) is 22.3 Å². The van der Waals surface area contributed by atoms with Crippen LogP contribution in [0.2, 0.25) is 0 Å². The van der Waals surface area contributed by atoms with E-state index in [4.69, 9.17) is 4.74 Å². The molecule has 3 aromatic rings. The molecule has 0 bridgehead atoms. The van der Waals surface area contributed by atoms with Crippen molar-refractivity contribution < 1.29 is 14.6 Å². The van der Waals surface area contributed by atoms with E-state index >= 15 is 0 Å². The number of aryl methyl sites for hydroxylation is 1. The van der Waals surface area contributed by atoms with Gasteiger partial charge in [0.05, 0.1) is 30.1 Å². The molecular weight excluding hydrogens is 334 g/mol. The van der Waals surface area contributed by atoms with E-state index < -0.39 is 0 Å². The number of aliphatic hydroxyl groups is 1. The molecule has 1 amide bonds. The number of pyridine rings is 1. The predicted octanol–water partition coefficient (Wildman–Crippen LogP) is 1.75. The van der Waals surface area contributed by atoms with Gasteiger partial charge in [-0.2, -0.15) is 4.98 Å². The first kappa shape index (κ1) is 16.5. The van der Waals surface area contributed by atoms with Crippen LogP contribution in [0.5, 0.6) is 6.01 Å². The van der Waals surface area contributed by atoms with Crippen LogP contribution in [0.3, 0.4) is 0 Å². The molecule has 1 saturated carbocycles. The minimum atomic E-state index is -0.360. The first-order valence-electron chi connectivity index (χ1n) is 8.37. The van der Waals surface area contributed by atoms with E-state index in [0.29, 0.717) is 24.7 Å². The quantitative estimate of drug-likeness (QED) is 0.741. The number of methoxy groups -OCH3 is 1. The monoisotopic (exact) mass is 353 g/mol. The molecule has 0 saturated heterocycles. The van der Waals surface area contributed by atoms with Gasteiger partial charge in [0, 0.05) is 36.8 Å². The Kier molecular flexibility index (Phi) is 4.04. The van der Waals surface area contributed by atoms with Gasteiger partial charge < -0.3 is 19.7 Å². The van der Waals surface area contributed by atoms with Crippen molar-refractivity contribution in [2.75, 3.05) is 12.4 Å². The Hall–Kier alpha value is -3.00. The fraction of sp³-hybridized carbons (Fsp3) is 0.333. The molecule has 8 heteroatoms. The minimum Gasteiger partial charge on any atom is -0.467 e. The van der Waals surface area contributed by atoms with Gasteiger partial charge in [-0.05, 0) is 25.0 Å². The second-order valence-corrected chi connectivity index (χ2v) is 6.46. The first-order valence-corrected chi connectivity index (χ1v) is 8.37. The van der Waals surface area contributed by atoms with E-state index in [1.54, 1.807) is 12.4 Å². The highest BCUT2D eigenvalue weighted by atomic mass is 16.5. The molecule has 0 radical (unpaired) electrons. The number of hydrogen-bond donors (Lipinski definition) is 2. The lowest BCUT2D eigenvalue weighted by Gasteiger charge is -2.29. The fourth-order valence-corrected chi connectivity index (χ4v) is 3.16. The number of carbonyl (C=O) groups is 1. The van der Waals surface area contributed by atoms with Gasteiger partial charge in [0.25, 0.3) is 0 Å². The molecule has 134 valence electrons. The number of aliphatic hydroxyl groups excluding tert-OH is 1. The second kappa shape index (κ2) is 6.38. The maximum Gasteiger partial charge on any atom is 0.316 e. The number of ether oxygens (including phenoxy) is 1. The van der Waals surface area contributed by atoms with Crippen molar-refractivity contribution in [3.8, 4) is 17.4 Å². The molecule has 3 aromatic heterocycles. The Bertz CT molecular complexity index is 978. The number of anilines is 1. The highest BCUT2D eigenvalue weighted by molar-refractivity contribution is 5.95. The predicted molar refractivity (Wildman–Crippen MR) is 95.7 cm³/mol. The van der Waals surface area contributed by atoms with Gasteiger partial charge in [-0.25, -0.2) is 9.97 Å². The number of rotatable bonds is 4. The summed E-state index contributed by atoms with van der Waals surface area (Å²) in [5, 5.41) is 13.1. The summed E-state index contributed by atoms with van der Waals surface area (Å²) in [6.07, 6.45) is 4.04. The summed E-state index contributed by atoms with van der Waals surface area (Å²) < 4.78 is 7.08. The standard InChI is InChI=1S/C18H19N5O3/c1-23-14-8-16(22-17(25)10-5-12(24)6-10)20-9-11(14)7-15(23)13-3-4-19-18(21-13)26-2/h3-4,7-10,12,24H,5-6H2,1-2H3,(H,20,22,25). The third-order valence-electron chi connectivity index (χ3n) is 4.74. The average Bonchev–Trinajstić information content (AvgIpc) is 2.95. The number of nitrogens with one attached hydrogen (secondary N) is 1. The first-order chi connectivity index (χ1) is 12.5. The summed E-state index contributed by atoms with van der Waals surface area (Å²) in [4.78, 5) is 24.9. The number of carbonyl (C=O) groups excluding carboxylic acids is 1. The highest BCUT2D eigenvalue weighted by Crippen LogP contribution is 2.30. The van der Waals surface area contributed by atoms with Crippen molar-refractivity contribution >= 4 is 22.6 Å². The van der Waals surface area contributed by atoms with Crippen LogP contribution < -0.4 is 10.1 Å². The van der Waals surface area contributed by atoms with Gasteiger partial charge >= 0.3 is 6.01 Å². The van der Waals surface area contributed by atoms with Gasteiger partial charge in [0.15, 0.2) is 0 Å². The Morgan fingerprint density at radius 1 is 1.35 bits per heavy atom. The molecule has 26 heavy (non-hydrogen) atoms. The lowest BCUT2D eigenvalue weighted by atomic mass is 9.82. The van der Waals surface area contributed by atoms with Crippen LogP contribution in [-0.4, -0.2) is 43.7 Å². The van der Waals surface area contributed by atoms with Crippen molar-refractivity contribution in [2.24, 2.45) is 13.0 Å².